The van der Waals surface area contributed by atoms with Crippen molar-refractivity contribution in [1.82, 2.24) is 4.90 Å². The maximum absolute atomic E-state index is 11.2. The highest BCUT2D eigenvalue weighted by atomic mass is 16.3. The van der Waals surface area contributed by atoms with Gasteiger partial charge in [-0.2, -0.15) is 0 Å². The molecule has 2 nitrogen and oxygen atoms in total. The molecule has 2 heteroatoms. The maximum atomic E-state index is 11.2. The molecule has 0 radical (unpaired) electrons. The molecule has 1 saturated heterocycles. The molecule has 1 aromatic carbocycles. The first-order valence-electron chi connectivity index (χ1n) is 9.06. The van der Waals surface area contributed by atoms with Crippen LogP contribution in [0, 0.1) is 11.8 Å². The number of nitrogens with zero attached hydrogens (tertiary/aromatic N) is 1. The van der Waals surface area contributed by atoms with Crippen molar-refractivity contribution in [2.75, 3.05) is 19.6 Å². The Morgan fingerprint density at radius 1 is 1.04 bits per heavy atom. The quantitative estimate of drug-likeness (QED) is 0.831. The number of hydrogen-bond acceptors (Lipinski definition) is 2. The van der Waals surface area contributed by atoms with Gasteiger partial charge in [-0.1, -0.05) is 62.4 Å². The van der Waals surface area contributed by atoms with Crippen molar-refractivity contribution < 1.29 is 5.11 Å². The largest absolute Gasteiger partial charge is 0.388 e. The van der Waals surface area contributed by atoms with Crippen LogP contribution in [0.3, 0.4) is 0 Å². The maximum Gasteiger partial charge on any atom is 0.0845 e. The summed E-state index contributed by atoms with van der Waals surface area (Å²) in [4.78, 5) is 2.43. The molecule has 0 amide bonds. The van der Waals surface area contributed by atoms with Crippen LogP contribution in [0.4, 0.5) is 0 Å². The summed E-state index contributed by atoms with van der Waals surface area (Å²) in [5.41, 5.74) is -0.228. The molecule has 1 aliphatic rings. The fourth-order valence-electron chi connectivity index (χ4n) is 3.63. The van der Waals surface area contributed by atoms with Gasteiger partial charge in [-0.15, -0.1) is 0 Å². The molecule has 0 spiro atoms. The van der Waals surface area contributed by atoms with E-state index >= 15 is 0 Å². The summed E-state index contributed by atoms with van der Waals surface area (Å²) < 4.78 is 0. The number of likely N-dealkylation sites (tertiary alicyclic amines) is 1. The Balaban J connectivity index is 2.27. The first-order valence-corrected chi connectivity index (χ1v) is 9.06. The van der Waals surface area contributed by atoms with Crippen molar-refractivity contribution in [3.05, 3.63) is 35.9 Å². The molecule has 1 aromatic rings. The Labute approximate surface area is 141 Å². The lowest BCUT2D eigenvalue weighted by molar-refractivity contribution is -0.0170. The van der Waals surface area contributed by atoms with Crippen LogP contribution in [-0.4, -0.2) is 35.2 Å². The van der Waals surface area contributed by atoms with Gasteiger partial charge >= 0.3 is 0 Å². The van der Waals surface area contributed by atoms with E-state index in [0.717, 1.165) is 25.2 Å². The zero-order valence-electron chi connectivity index (χ0n) is 14.9. The van der Waals surface area contributed by atoms with Gasteiger partial charge < -0.3 is 5.11 Å². The van der Waals surface area contributed by atoms with E-state index < -0.39 is 11.0 Å². The molecule has 1 heterocycles. The molecule has 1 atom stereocenters. The van der Waals surface area contributed by atoms with E-state index in [1.807, 2.05) is 18.2 Å². The Hall–Kier alpha value is -1.30. The monoisotopic (exact) mass is 313 g/mol. The Bertz CT molecular complexity index is 532. The van der Waals surface area contributed by atoms with E-state index in [1.165, 1.54) is 19.3 Å². The highest BCUT2D eigenvalue weighted by molar-refractivity contribution is 5.39. The van der Waals surface area contributed by atoms with Crippen molar-refractivity contribution in [2.45, 2.75) is 63.9 Å². The van der Waals surface area contributed by atoms with Crippen molar-refractivity contribution >= 4 is 0 Å². The molecule has 1 fully saturated rings. The van der Waals surface area contributed by atoms with Crippen molar-refractivity contribution in [1.29, 1.82) is 0 Å². The van der Waals surface area contributed by atoms with E-state index in [1.54, 1.807) is 0 Å². The molecule has 126 valence electrons. The Morgan fingerprint density at radius 3 is 2.22 bits per heavy atom. The summed E-state index contributed by atoms with van der Waals surface area (Å²) >= 11 is 0. The second kappa shape index (κ2) is 7.99. The molecule has 23 heavy (non-hydrogen) atoms. The smallest absolute Gasteiger partial charge is 0.0845 e. The lowest BCUT2D eigenvalue weighted by Gasteiger charge is -2.41. The summed E-state index contributed by atoms with van der Waals surface area (Å²) in [6.07, 6.45) is 5.31. The van der Waals surface area contributed by atoms with Gasteiger partial charge in [-0.25, -0.2) is 0 Å². The molecule has 1 aliphatic heterocycles. The number of aliphatic hydroxyl groups is 1. The van der Waals surface area contributed by atoms with Gasteiger partial charge in [0.05, 0.1) is 17.6 Å². The predicted octanol–water partition coefficient (Wildman–Crippen LogP) is 3.98. The van der Waals surface area contributed by atoms with Crippen LogP contribution in [0.15, 0.2) is 30.3 Å². The lowest BCUT2D eigenvalue weighted by atomic mass is 9.66. The first-order chi connectivity index (χ1) is 11.1. The minimum absolute atomic E-state index is 0.534. The van der Waals surface area contributed by atoms with Crippen LogP contribution in [0.1, 0.15) is 58.4 Å². The van der Waals surface area contributed by atoms with Crippen molar-refractivity contribution in [3.8, 4) is 11.8 Å². The van der Waals surface area contributed by atoms with Gasteiger partial charge in [-0.05, 0) is 51.3 Å². The molecule has 1 N–H and O–H groups in total. The van der Waals surface area contributed by atoms with Gasteiger partial charge in [0.25, 0.3) is 0 Å². The normalized spacial score (nSPS) is 18.8. The van der Waals surface area contributed by atoms with Gasteiger partial charge in [0.2, 0.25) is 0 Å². The summed E-state index contributed by atoms with van der Waals surface area (Å²) in [6.45, 7) is 9.32. The third-order valence-corrected chi connectivity index (χ3v) is 5.54. The van der Waals surface area contributed by atoms with E-state index in [9.17, 15) is 5.11 Å². The minimum Gasteiger partial charge on any atom is -0.388 e. The fourth-order valence-corrected chi connectivity index (χ4v) is 3.63. The molecule has 0 saturated carbocycles. The Kier molecular flexibility index (Phi) is 6.27. The molecule has 1 unspecified atom stereocenters. The number of hydrogen-bond donors (Lipinski definition) is 1. The van der Waals surface area contributed by atoms with Gasteiger partial charge in [0.15, 0.2) is 0 Å². The van der Waals surface area contributed by atoms with Crippen LogP contribution in [0.25, 0.3) is 0 Å². The summed E-state index contributed by atoms with van der Waals surface area (Å²) in [7, 11) is 0. The zero-order chi connectivity index (χ0) is 16.8. The van der Waals surface area contributed by atoms with Crippen LogP contribution in [0.5, 0.6) is 0 Å². The highest BCUT2D eigenvalue weighted by Crippen LogP contribution is 2.39. The topological polar surface area (TPSA) is 23.5 Å². The van der Waals surface area contributed by atoms with Crippen molar-refractivity contribution in [3.63, 3.8) is 0 Å². The van der Waals surface area contributed by atoms with Gasteiger partial charge in [0, 0.05) is 0 Å². The van der Waals surface area contributed by atoms with Gasteiger partial charge in [0.1, 0.15) is 0 Å². The zero-order valence-corrected chi connectivity index (χ0v) is 14.9. The molecular weight excluding hydrogens is 282 g/mol. The average molecular weight is 313 g/mol. The summed E-state index contributed by atoms with van der Waals surface area (Å²) in [5, 5.41) is 11.2. The standard InChI is InChI=1S/C21H31NO/c1-4-21(23,5-2)20(3,19-13-8-6-9-14-19)15-12-18-22-16-10-7-11-17-22/h6,8-9,13-14,23H,4-5,7,10-11,16-18H2,1-3H3. The molecular formula is C21H31NO. The number of rotatable bonds is 5. The first kappa shape index (κ1) is 18.0. The molecule has 2 rings (SSSR count). The van der Waals surface area contributed by atoms with Crippen LogP contribution in [0.2, 0.25) is 0 Å². The van der Waals surface area contributed by atoms with E-state index in [0.29, 0.717) is 12.8 Å². The minimum atomic E-state index is -0.802. The second-order valence-corrected chi connectivity index (χ2v) is 6.87. The third kappa shape index (κ3) is 3.97. The molecule has 0 bridgehead atoms. The lowest BCUT2D eigenvalue weighted by Crippen LogP contribution is -2.48. The number of benzene rings is 1. The Morgan fingerprint density at radius 2 is 1.65 bits per heavy atom. The molecule has 0 aromatic heterocycles. The predicted molar refractivity (Wildman–Crippen MR) is 97.4 cm³/mol. The van der Waals surface area contributed by atoms with Crippen LogP contribution >= 0.6 is 0 Å². The summed E-state index contributed by atoms with van der Waals surface area (Å²) in [5.74, 6) is 6.84. The summed E-state index contributed by atoms with van der Waals surface area (Å²) in [6, 6.07) is 10.3. The highest BCUT2D eigenvalue weighted by Gasteiger charge is 2.44. The number of piperidine rings is 1. The van der Waals surface area contributed by atoms with E-state index in [-0.39, 0.29) is 0 Å². The SMILES string of the molecule is CCC(O)(CC)C(C)(C#CCN1CCCCC1)c1ccccc1. The third-order valence-electron chi connectivity index (χ3n) is 5.54. The molecule has 0 aliphatic carbocycles. The van der Waals surface area contributed by atoms with Crippen LogP contribution < -0.4 is 0 Å². The average Bonchev–Trinajstić information content (AvgIpc) is 2.62. The van der Waals surface area contributed by atoms with E-state index in [2.05, 4.69) is 49.6 Å². The van der Waals surface area contributed by atoms with Gasteiger partial charge in [-0.3, -0.25) is 4.90 Å². The fraction of sp³-hybridized carbons (Fsp3) is 0.619. The van der Waals surface area contributed by atoms with Crippen molar-refractivity contribution in [2.24, 2.45) is 0 Å². The second-order valence-electron chi connectivity index (χ2n) is 6.87. The van der Waals surface area contributed by atoms with E-state index in [4.69, 9.17) is 0 Å². The van der Waals surface area contributed by atoms with Crippen LogP contribution in [-0.2, 0) is 5.41 Å².